The summed E-state index contributed by atoms with van der Waals surface area (Å²) < 4.78 is 0. The van der Waals surface area contributed by atoms with Crippen molar-refractivity contribution in [3.05, 3.63) is 58.7 Å². The molecule has 0 aliphatic carbocycles. The first kappa shape index (κ1) is 24.3. The molecule has 5 rings (SSSR count). The van der Waals surface area contributed by atoms with E-state index in [1.54, 1.807) is 0 Å². The molecule has 3 heterocycles. The first-order valence-electron chi connectivity index (χ1n) is 12.7. The number of hydrogen-bond donors (Lipinski definition) is 2. The lowest BCUT2D eigenvalue weighted by atomic mass is 10.1. The van der Waals surface area contributed by atoms with Crippen LogP contribution in [0.5, 0.6) is 0 Å². The normalized spacial score (nSPS) is 26.9. The van der Waals surface area contributed by atoms with Crippen LogP contribution in [-0.2, 0) is 19.2 Å². The highest BCUT2D eigenvalue weighted by Crippen LogP contribution is 2.25. The molecule has 36 heavy (non-hydrogen) atoms. The van der Waals surface area contributed by atoms with E-state index in [2.05, 4.69) is 0 Å². The van der Waals surface area contributed by atoms with Gasteiger partial charge < -0.3 is 9.80 Å². The SMILES string of the molecule is Cc1ccc(N2C(=O)C[C@@H]([NH+]3CC[NH+]([C@H]4CC(=O)N(c5ccc(C)c(C)c5)C4=O)CC3)C2=O)cc1C. The molecule has 188 valence electrons. The van der Waals surface area contributed by atoms with Crippen molar-refractivity contribution >= 4 is 35.0 Å². The van der Waals surface area contributed by atoms with E-state index < -0.39 is 12.1 Å². The number of carbonyl (C=O) groups is 4. The molecule has 0 unspecified atom stereocenters. The molecule has 0 bridgehead atoms. The maximum atomic E-state index is 13.3. The molecule has 3 aliphatic heterocycles. The summed E-state index contributed by atoms with van der Waals surface area (Å²) in [5.41, 5.74) is 5.62. The number of benzene rings is 2. The largest absolute Gasteiger partial charge is 0.315 e. The Bertz CT molecular complexity index is 1170. The summed E-state index contributed by atoms with van der Waals surface area (Å²) in [5, 5.41) is 0. The van der Waals surface area contributed by atoms with E-state index in [0.717, 1.165) is 32.1 Å². The van der Waals surface area contributed by atoms with Crippen molar-refractivity contribution in [2.75, 3.05) is 36.0 Å². The maximum absolute atomic E-state index is 13.3. The molecule has 2 aromatic carbocycles. The molecular formula is C28H34N4O4+2. The van der Waals surface area contributed by atoms with Gasteiger partial charge in [-0.2, -0.15) is 0 Å². The van der Waals surface area contributed by atoms with Gasteiger partial charge in [0.15, 0.2) is 12.1 Å². The Morgan fingerprint density at radius 3 is 1.28 bits per heavy atom. The minimum atomic E-state index is -0.395. The molecule has 8 nitrogen and oxygen atoms in total. The summed E-state index contributed by atoms with van der Waals surface area (Å²) in [6.45, 7) is 10.7. The number of aryl methyl sites for hydroxylation is 4. The highest BCUT2D eigenvalue weighted by atomic mass is 16.2. The zero-order chi connectivity index (χ0) is 25.7. The van der Waals surface area contributed by atoms with Gasteiger partial charge in [-0.05, 0) is 74.2 Å². The van der Waals surface area contributed by atoms with Crippen LogP contribution in [0.4, 0.5) is 11.4 Å². The van der Waals surface area contributed by atoms with Crippen LogP contribution in [0.3, 0.4) is 0 Å². The highest BCUT2D eigenvalue weighted by molar-refractivity contribution is 6.22. The van der Waals surface area contributed by atoms with Crippen molar-refractivity contribution in [2.45, 2.75) is 52.6 Å². The van der Waals surface area contributed by atoms with Crippen molar-refractivity contribution in [1.82, 2.24) is 0 Å². The molecule has 3 aliphatic rings. The third kappa shape index (κ3) is 4.14. The van der Waals surface area contributed by atoms with Crippen molar-refractivity contribution in [1.29, 1.82) is 0 Å². The van der Waals surface area contributed by atoms with Gasteiger partial charge in [-0.25, -0.2) is 9.80 Å². The number of quaternary nitrogens is 2. The number of piperazine rings is 1. The van der Waals surface area contributed by atoms with Gasteiger partial charge in [-0.3, -0.25) is 19.2 Å². The zero-order valence-electron chi connectivity index (χ0n) is 21.4. The molecule has 3 saturated heterocycles. The standard InChI is InChI=1S/C28H32N4O4/c1-17-5-7-21(13-19(17)3)31-25(33)15-23(27(31)35)29-9-11-30(12-10-29)24-16-26(34)32(28(24)36)22-8-6-18(2)20(4)14-22/h5-8,13-14,23-24H,9-12,15-16H2,1-4H3/p+2/t23-,24+. The monoisotopic (exact) mass is 490 g/mol. The fourth-order valence-corrected chi connectivity index (χ4v) is 5.76. The fourth-order valence-electron chi connectivity index (χ4n) is 5.76. The summed E-state index contributed by atoms with van der Waals surface area (Å²) in [7, 11) is 0. The molecular weight excluding hydrogens is 456 g/mol. The smallest absolute Gasteiger partial charge is 0.292 e. The molecule has 0 saturated carbocycles. The predicted molar refractivity (Wildman–Crippen MR) is 135 cm³/mol. The zero-order valence-corrected chi connectivity index (χ0v) is 21.4. The van der Waals surface area contributed by atoms with Crippen LogP contribution in [0.2, 0.25) is 0 Å². The molecule has 2 atom stereocenters. The van der Waals surface area contributed by atoms with Crippen LogP contribution in [0.25, 0.3) is 0 Å². The number of hydrogen-bond acceptors (Lipinski definition) is 4. The van der Waals surface area contributed by atoms with E-state index in [-0.39, 0.29) is 36.5 Å². The topological polar surface area (TPSA) is 83.6 Å². The van der Waals surface area contributed by atoms with Crippen LogP contribution in [0.1, 0.15) is 35.1 Å². The van der Waals surface area contributed by atoms with E-state index >= 15 is 0 Å². The number of amides is 4. The molecule has 3 fully saturated rings. The average Bonchev–Trinajstić information content (AvgIpc) is 3.32. The number of anilines is 2. The Balaban J connectivity index is 1.24. The third-order valence-corrected chi connectivity index (χ3v) is 8.31. The predicted octanol–water partition coefficient (Wildman–Crippen LogP) is -0.332. The summed E-state index contributed by atoms with van der Waals surface area (Å²) in [6.07, 6.45) is 0.412. The Morgan fingerprint density at radius 2 is 0.944 bits per heavy atom. The van der Waals surface area contributed by atoms with E-state index in [9.17, 15) is 19.2 Å². The van der Waals surface area contributed by atoms with Gasteiger partial charge in [0.2, 0.25) is 11.8 Å². The van der Waals surface area contributed by atoms with Crippen LogP contribution in [0.15, 0.2) is 36.4 Å². The number of rotatable bonds is 4. The van der Waals surface area contributed by atoms with Crippen molar-refractivity contribution in [2.24, 2.45) is 0 Å². The second kappa shape index (κ2) is 9.26. The first-order valence-corrected chi connectivity index (χ1v) is 12.7. The van der Waals surface area contributed by atoms with Crippen molar-refractivity contribution in [3.63, 3.8) is 0 Å². The van der Waals surface area contributed by atoms with Gasteiger partial charge in [-0.15, -0.1) is 0 Å². The second-order valence-corrected chi connectivity index (χ2v) is 10.5. The molecule has 0 spiro atoms. The molecule has 0 radical (unpaired) electrons. The quantitative estimate of drug-likeness (QED) is 0.575. The molecule has 4 amide bonds. The van der Waals surface area contributed by atoms with Crippen molar-refractivity contribution < 1.29 is 29.0 Å². The molecule has 8 heteroatoms. The fraction of sp³-hybridized carbons (Fsp3) is 0.429. The minimum Gasteiger partial charge on any atom is -0.315 e. The molecule has 2 aromatic rings. The lowest BCUT2D eigenvalue weighted by Crippen LogP contribution is -3.31. The van der Waals surface area contributed by atoms with Gasteiger partial charge in [0.05, 0.1) is 24.2 Å². The Morgan fingerprint density at radius 1 is 0.583 bits per heavy atom. The highest BCUT2D eigenvalue weighted by Gasteiger charge is 2.50. The average molecular weight is 491 g/mol. The Hall–Kier alpha value is -3.36. The molecule has 2 N–H and O–H groups in total. The summed E-state index contributed by atoms with van der Waals surface area (Å²) in [5.74, 6) is -0.600. The van der Waals surface area contributed by atoms with Gasteiger partial charge in [0.1, 0.15) is 26.2 Å². The van der Waals surface area contributed by atoms with E-state index in [1.807, 2.05) is 64.1 Å². The van der Waals surface area contributed by atoms with Gasteiger partial charge in [0, 0.05) is 0 Å². The van der Waals surface area contributed by atoms with E-state index in [1.165, 1.54) is 9.80 Å². The van der Waals surface area contributed by atoms with Gasteiger partial charge in [0.25, 0.3) is 11.8 Å². The number of nitrogens with zero attached hydrogens (tertiary/aromatic N) is 2. The molecule has 0 aromatic heterocycles. The number of carbonyl (C=O) groups excluding carboxylic acids is 4. The van der Waals surface area contributed by atoms with Crippen LogP contribution in [0, 0.1) is 27.7 Å². The summed E-state index contributed by atoms with van der Waals surface area (Å²) in [6, 6.07) is 10.6. The van der Waals surface area contributed by atoms with Crippen molar-refractivity contribution in [3.8, 4) is 0 Å². The summed E-state index contributed by atoms with van der Waals surface area (Å²) >= 11 is 0. The first-order chi connectivity index (χ1) is 17.2. The Labute approximate surface area is 211 Å². The maximum Gasteiger partial charge on any atom is 0.292 e. The van der Waals surface area contributed by atoms with Crippen LogP contribution in [-0.4, -0.2) is 61.9 Å². The minimum absolute atomic E-state index is 0.144. The lowest BCUT2D eigenvalue weighted by molar-refractivity contribution is -1.02. The van der Waals surface area contributed by atoms with Crippen LogP contribution >= 0.6 is 0 Å². The second-order valence-electron chi connectivity index (χ2n) is 10.5. The van der Waals surface area contributed by atoms with Crippen LogP contribution < -0.4 is 19.6 Å². The Kier molecular flexibility index (Phi) is 6.26. The summed E-state index contributed by atoms with van der Waals surface area (Å²) in [4.78, 5) is 57.0. The number of imide groups is 2. The van der Waals surface area contributed by atoms with Gasteiger partial charge in [-0.1, -0.05) is 12.1 Å². The van der Waals surface area contributed by atoms with E-state index in [4.69, 9.17) is 0 Å². The lowest BCUT2D eigenvalue weighted by Gasteiger charge is -2.34. The van der Waals surface area contributed by atoms with Gasteiger partial charge >= 0.3 is 0 Å². The van der Waals surface area contributed by atoms with E-state index in [0.29, 0.717) is 37.6 Å². The number of nitrogens with one attached hydrogen (secondary N) is 2. The third-order valence-electron chi connectivity index (χ3n) is 8.31.